The number of carbonyl (C=O) groups is 2. The molecule has 0 aliphatic carbocycles. The van der Waals surface area contributed by atoms with Crippen LogP contribution in [-0.2, 0) is 23.8 Å². The number of aliphatic hydroxyl groups excluding tert-OH is 3. The average molecular weight is 420 g/mol. The zero-order valence-electron chi connectivity index (χ0n) is 17.5. The summed E-state index contributed by atoms with van der Waals surface area (Å²) >= 11 is 0. The third-order valence-electron chi connectivity index (χ3n) is 4.75. The first-order valence-corrected chi connectivity index (χ1v) is 10.7. The Labute approximate surface area is 172 Å². The molecule has 5 atom stereocenters. The summed E-state index contributed by atoms with van der Waals surface area (Å²) in [6, 6.07) is 0. The summed E-state index contributed by atoms with van der Waals surface area (Å²) in [6.45, 7) is 5.25. The minimum atomic E-state index is -1.61. The van der Waals surface area contributed by atoms with Crippen molar-refractivity contribution in [1.29, 1.82) is 0 Å². The molecule has 3 unspecified atom stereocenters. The van der Waals surface area contributed by atoms with Crippen LogP contribution in [-0.4, -0.2) is 77.7 Å². The fourth-order valence-electron chi connectivity index (χ4n) is 3.07. The van der Waals surface area contributed by atoms with Crippen LogP contribution in [0, 0.1) is 0 Å². The van der Waals surface area contributed by atoms with E-state index in [1.54, 1.807) is 6.92 Å². The Hall–Kier alpha value is -1.26. The fourth-order valence-corrected chi connectivity index (χ4v) is 3.07. The lowest BCUT2D eigenvalue weighted by molar-refractivity contribution is -0.293. The van der Waals surface area contributed by atoms with Crippen molar-refractivity contribution < 1.29 is 39.1 Å². The molecule has 4 N–H and O–H groups in total. The van der Waals surface area contributed by atoms with E-state index in [1.807, 2.05) is 0 Å². The lowest BCUT2D eigenvalue weighted by Crippen LogP contribution is -2.61. The van der Waals surface area contributed by atoms with Crippen LogP contribution >= 0.6 is 0 Å². The molecule has 0 aromatic carbocycles. The molecule has 0 spiro atoms. The highest BCUT2D eigenvalue weighted by Gasteiger charge is 2.48. The monoisotopic (exact) mass is 419 g/mol. The van der Waals surface area contributed by atoms with Gasteiger partial charge in [0, 0.05) is 12.8 Å². The third-order valence-corrected chi connectivity index (χ3v) is 4.75. The fraction of sp³-hybridized carbons (Fsp3) is 0.900. The molecule has 0 aromatic heterocycles. The Kier molecular flexibility index (Phi) is 13.0. The van der Waals surface area contributed by atoms with Gasteiger partial charge in [0.15, 0.2) is 18.5 Å². The zero-order valence-corrected chi connectivity index (χ0v) is 17.5. The molecule has 170 valence electrons. The minimum Gasteiger partial charge on any atom is -0.455 e. The predicted octanol–water partition coefficient (Wildman–Crippen LogP) is 0.631. The number of nitrogens with one attached hydrogen (secondary N) is 1. The van der Waals surface area contributed by atoms with Gasteiger partial charge < -0.3 is 34.8 Å². The minimum absolute atomic E-state index is 0.122. The van der Waals surface area contributed by atoms with Gasteiger partial charge in [-0.15, -0.1) is 0 Å². The van der Waals surface area contributed by atoms with Gasteiger partial charge in [-0.2, -0.15) is 0 Å². The summed E-state index contributed by atoms with van der Waals surface area (Å²) in [5.74, 6) is -1.15. The third kappa shape index (κ3) is 9.39. The summed E-state index contributed by atoms with van der Waals surface area (Å²) in [5, 5.41) is 33.1. The van der Waals surface area contributed by atoms with Gasteiger partial charge in [-0.05, 0) is 38.8 Å². The van der Waals surface area contributed by atoms with E-state index in [1.165, 1.54) is 0 Å². The quantitative estimate of drug-likeness (QED) is 0.236. The van der Waals surface area contributed by atoms with Crippen molar-refractivity contribution in [3.8, 4) is 0 Å². The average Bonchev–Trinajstić information content (AvgIpc) is 2.69. The smallest absolute Gasteiger partial charge is 0.306 e. The van der Waals surface area contributed by atoms with Crippen LogP contribution in [0.5, 0.6) is 0 Å². The topological polar surface area (TPSA) is 135 Å². The molecule has 0 saturated carbocycles. The second-order valence-electron chi connectivity index (χ2n) is 7.31. The largest absolute Gasteiger partial charge is 0.455 e. The number of unbranched alkanes of at least 4 members (excludes halogenated alkanes) is 3. The van der Waals surface area contributed by atoms with E-state index in [9.17, 15) is 24.9 Å². The highest BCUT2D eigenvalue weighted by Crippen LogP contribution is 2.26. The number of hydrogen-bond acceptors (Lipinski definition) is 9. The molecule has 0 amide bonds. The molecule has 1 rings (SSSR count). The number of hydrogen-bond donors (Lipinski definition) is 4. The summed E-state index contributed by atoms with van der Waals surface area (Å²) < 4.78 is 15.6. The molecular formula is C20H37NO8. The lowest BCUT2D eigenvalue weighted by atomic mass is 9.98. The van der Waals surface area contributed by atoms with E-state index < -0.39 is 49.3 Å². The van der Waals surface area contributed by atoms with Gasteiger partial charge in [0.05, 0.1) is 6.61 Å². The standard InChI is InChI=1S/C20H37NO8/c1-3-5-11-21-12-8-6-7-10-16(24)29-19-18(28-15(23)9-4-2)17(25)14(13-22)27-20(19)26/h14,17-22,25-26H,3-13H2,1-2H3/t14?,17-,18+,19?,20?/m1/s1. The molecule has 1 fully saturated rings. The van der Waals surface area contributed by atoms with Gasteiger partial charge in [-0.25, -0.2) is 0 Å². The van der Waals surface area contributed by atoms with Crippen molar-refractivity contribution >= 4 is 11.9 Å². The highest BCUT2D eigenvalue weighted by molar-refractivity contribution is 5.70. The highest BCUT2D eigenvalue weighted by atomic mass is 16.7. The first-order valence-electron chi connectivity index (χ1n) is 10.7. The van der Waals surface area contributed by atoms with Gasteiger partial charge in [0.25, 0.3) is 0 Å². The van der Waals surface area contributed by atoms with Gasteiger partial charge >= 0.3 is 11.9 Å². The van der Waals surface area contributed by atoms with Crippen molar-refractivity contribution in [1.82, 2.24) is 5.32 Å². The van der Waals surface area contributed by atoms with Gasteiger partial charge in [0.2, 0.25) is 0 Å². The normalized spacial score (nSPS) is 26.9. The first-order chi connectivity index (χ1) is 13.9. The zero-order chi connectivity index (χ0) is 21.6. The molecule has 1 saturated heterocycles. The van der Waals surface area contributed by atoms with Crippen LogP contribution in [0.2, 0.25) is 0 Å². The lowest BCUT2D eigenvalue weighted by Gasteiger charge is -2.41. The van der Waals surface area contributed by atoms with E-state index in [4.69, 9.17) is 14.2 Å². The van der Waals surface area contributed by atoms with Crippen molar-refractivity contribution in [2.75, 3.05) is 19.7 Å². The molecule has 1 heterocycles. The van der Waals surface area contributed by atoms with Crippen LogP contribution in [0.4, 0.5) is 0 Å². The summed E-state index contributed by atoms with van der Waals surface area (Å²) in [4.78, 5) is 24.0. The Morgan fingerprint density at radius 2 is 1.55 bits per heavy atom. The maximum atomic E-state index is 12.2. The van der Waals surface area contributed by atoms with Crippen LogP contribution in [0.25, 0.3) is 0 Å². The second kappa shape index (κ2) is 14.7. The summed E-state index contributed by atoms with van der Waals surface area (Å²) in [5.41, 5.74) is 0. The molecule has 29 heavy (non-hydrogen) atoms. The van der Waals surface area contributed by atoms with E-state index >= 15 is 0 Å². The van der Waals surface area contributed by atoms with Crippen LogP contribution in [0.3, 0.4) is 0 Å². The predicted molar refractivity (Wildman–Crippen MR) is 105 cm³/mol. The Morgan fingerprint density at radius 3 is 2.21 bits per heavy atom. The Balaban J connectivity index is 2.49. The van der Waals surface area contributed by atoms with Crippen LogP contribution in [0.1, 0.15) is 65.2 Å². The number of rotatable bonds is 14. The van der Waals surface area contributed by atoms with E-state index in [2.05, 4.69) is 12.2 Å². The molecule has 9 nitrogen and oxygen atoms in total. The molecule has 0 bridgehead atoms. The molecule has 0 aromatic rings. The van der Waals surface area contributed by atoms with E-state index in [0.717, 1.165) is 38.8 Å². The van der Waals surface area contributed by atoms with Crippen LogP contribution in [0.15, 0.2) is 0 Å². The number of aliphatic hydroxyl groups is 3. The number of carbonyl (C=O) groups excluding carboxylic acids is 2. The molecule has 1 aliphatic heterocycles. The van der Waals surface area contributed by atoms with Gasteiger partial charge in [-0.1, -0.05) is 26.7 Å². The Morgan fingerprint density at radius 1 is 0.897 bits per heavy atom. The van der Waals surface area contributed by atoms with Crippen molar-refractivity contribution in [3.63, 3.8) is 0 Å². The second-order valence-corrected chi connectivity index (χ2v) is 7.31. The van der Waals surface area contributed by atoms with Gasteiger partial charge in [0.1, 0.15) is 12.2 Å². The van der Waals surface area contributed by atoms with Crippen molar-refractivity contribution in [3.05, 3.63) is 0 Å². The molecule has 0 radical (unpaired) electrons. The molecule has 1 aliphatic rings. The molecular weight excluding hydrogens is 382 g/mol. The van der Waals surface area contributed by atoms with E-state index in [-0.39, 0.29) is 12.8 Å². The van der Waals surface area contributed by atoms with Crippen molar-refractivity contribution in [2.24, 2.45) is 0 Å². The number of ether oxygens (including phenoxy) is 3. The Bertz CT molecular complexity index is 475. The molecule has 9 heteroatoms. The maximum Gasteiger partial charge on any atom is 0.306 e. The summed E-state index contributed by atoms with van der Waals surface area (Å²) in [7, 11) is 0. The summed E-state index contributed by atoms with van der Waals surface area (Å²) in [6.07, 6.45) is -1.30. The first kappa shape index (κ1) is 25.8. The maximum absolute atomic E-state index is 12.2. The van der Waals surface area contributed by atoms with Crippen LogP contribution < -0.4 is 5.32 Å². The SMILES string of the molecule is CCCCNCCCCCC(=O)OC1C(O)OC(CO)[C@@H](O)[C@@H]1OC(=O)CCC. The van der Waals surface area contributed by atoms with Gasteiger partial charge in [-0.3, -0.25) is 9.59 Å². The van der Waals surface area contributed by atoms with Crippen molar-refractivity contribution in [2.45, 2.75) is 95.9 Å². The van der Waals surface area contributed by atoms with E-state index in [0.29, 0.717) is 12.8 Å². The number of esters is 2.